The maximum Gasteiger partial charge on any atom is 0.227 e. The fourth-order valence-corrected chi connectivity index (χ4v) is 5.20. The standard InChI is InChI=1S/C25H26N4O2S/c1-3-31-21-13-5-4-10-18(21)23-22-19(11-7-12-20(22)30)26-24-27-25(28-29(23)24)32-15-17-9-6-8-16(2)14-17/h4-6,8-10,13-14,23H,3,7,11-12,15H2,1-2H3,(H,26,27,28). The molecule has 2 aliphatic rings. The number of hydrogen-bond acceptors (Lipinski definition) is 6. The number of benzene rings is 2. The minimum absolute atomic E-state index is 0.171. The molecule has 1 unspecified atom stereocenters. The Labute approximate surface area is 192 Å². The van der Waals surface area contributed by atoms with Gasteiger partial charge in [-0.2, -0.15) is 4.98 Å². The zero-order chi connectivity index (χ0) is 22.1. The monoisotopic (exact) mass is 446 g/mol. The summed E-state index contributed by atoms with van der Waals surface area (Å²) in [7, 11) is 0. The van der Waals surface area contributed by atoms with Crippen molar-refractivity contribution in [2.75, 3.05) is 11.9 Å². The minimum Gasteiger partial charge on any atom is -0.494 e. The van der Waals surface area contributed by atoms with E-state index in [0.29, 0.717) is 24.1 Å². The molecular formula is C25H26N4O2S. The van der Waals surface area contributed by atoms with Crippen molar-refractivity contribution in [2.24, 2.45) is 0 Å². The molecule has 2 aromatic carbocycles. The number of anilines is 1. The number of ketones is 1. The van der Waals surface area contributed by atoms with Crippen LogP contribution in [0.25, 0.3) is 0 Å². The molecule has 1 atom stereocenters. The second-order valence-electron chi connectivity index (χ2n) is 8.11. The summed E-state index contributed by atoms with van der Waals surface area (Å²) in [6, 6.07) is 16.1. The van der Waals surface area contributed by atoms with Crippen LogP contribution in [0.4, 0.5) is 5.95 Å². The van der Waals surface area contributed by atoms with Crippen LogP contribution in [0.3, 0.4) is 0 Å². The SMILES string of the molecule is CCOc1ccccc1C1C2=C(CCCC2=O)Nc2nc(SCc3cccc(C)c3)nn21. The summed E-state index contributed by atoms with van der Waals surface area (Å²) in [6.07, 6.45) is 2.26. The van der Waals surface area contributed by atoms with Crippen molar-refractivity contribution in [3.8, 4) is 5.75 Å². The predicted molar refractivity (Wildman–Crippen MR) is 126 cm³/mol. The smallest absolute Gasteiger partial charge is 0.227 e. The van der Waals surface area contributed by atoms with E-state index < -0.39 is 0 Å². The van der Waals surface area contributed by atoms with Crippen LogP contribution in [0.2, 0.25) is 0 Å². The molecule has 0 spiro atoms. The van der Waals surface area contributed by atoms with Crippen LogP contribution in [0.15, 0.2) is 65.0 Å². The Kier molecular flexibility index (Phi) is 5.74. The summed E-state index contributed by atoms with van der Waals surface area (Å²) in [6.45, 7) is 4.62. The molecule has 0 saturated heterocycles. The lowest BCUT2D eigenvalue weighted by molar-refractivity contribution is -0.116. The summed E-state index contributed by atoms with van der Waals surface area (Å²) in [5.41, 5.74) is 5.18. The van der Waals surface area contributed by atoms with Crippen molar-refractivity contribution >= 4 is 23.5 Å². The third-order valence-corrected chi connectivity index (χ3v) is 6.72. The van der Waals surface area contributed by atoms with Gasteiger partial charge in [-0.15, -0.1) is 5.10 Å². The van der Waals surface area contributed by atoms with Gasteiger partial charge in [-0.1, -0.05) is 59.8 Å². The highest BCUT2D eigenvalue weighted by Crippen LogP contribution is 2.43. The lowest BCUT2D eigenvalue weighted by Gasteiger charge is -2.32. The largest absolute Gasteiger partial charge is 0.494 e. The van der Waals surface area contributed by atoms with Gasteiger partial charge in [0, 0.05) is 29.0 Å². The topological polar surface area (TPSA) is 69.0 Å². The first kappa shape index (κ1) is 20.8. The Balaban J connectivity index is 1.53. The number of nitrogens with zero attached hydrogens (tertiary/aromatic N) is 3. The van der Waals surface area contributed by atoms with Crippen LogP contribution < -0.4 is 10.1 Å². The third-order valence-electron chi connectivity index (χ3n) is 5.81. The van der Waals surface area contributed by atoms with Crippen molar-refractivity contribution in [1.82, 2.24) is 14.8 Å². The molecular weight excluding hydrogens is 420 g/mol. The number of ether oxygens (including phenoxy) is 1. The van der Waals surface area contributed by atoms with E-state index in [1.165, 1.54) is 11.1 Å². The number of para-hydroxylation sites is 1. The highest BCUT2D eigenvalue weighted by Gasteiger charge is 2.38. The van der Waals surface area contributed by atoms with Crippen LogP contribution in [0.5, 0.6) is 5.75 Å². The molecule has 1 N–H and O–H groups in total. The molecule has 0 radical (unpaired) electrons. The van der Waals surface area contributed by atoms with Gasteiger partial charge in [0.15, 0.2) is 5.78 Å². The molecule has 32 heavy (non-hydrogen) atoms. The van der Waals surface area contributed by atoms with E-state index in [0.717, 1.165) is 41.2 Å². The molecule has 0 bridgehead atoms. The summed E-state index contributed by atoms with van der Waals surface area (Å²) in [5.74, 6) is 2.42. The number of Topliss-reactive ketones (excluding diaryl/α,β-unsaturated/α-hetero) is 1. The predicted octanol–water partition coefficient (Wildman–Crippen LogP) is 5.30. The van der Waals surface area contributed by atoms with Crippen molar-refractivity contribution in [3.05, 3.63) is 76.5 Å². The number of allylic oxidation sites excluding steroid dienone is 2. The Morgan fingerprint density at radius 2 is 2.06 bits per heavy atom. The van der Waals surface area contributed by atoms with Gasteiger partial charge in [-0.3, -0.25) is 4.79 Å². The molecule has 1 aliphatic heterocycles. The van der Waals surface area contributed by atoms with Gasteiger partial charge in [0.25, 0.3) is 0 Å². The lowest BCUT2D eigenvalue weighted by Crippen LogP contribution is -2.31. The number of aromatic nitrogens is 3. The van der Waals surface area contributed by atoms with Gasteiger partial charge in [0.1, 0.15) is 11.8 Å². The van der Waals surface area contributed by atoms with Crippen LogP contribution in [0.1, 0.15) is 48.9 Å². The zero-order valence-electron chi connectivity index (χ0n) is 18.3. The van der Waals surface area contributed by atoms with Crippen molar-refractivity contribution in [1.29, 1.82) is 0 Å². The first-order valence-electron chi connectivity index (χ1n) is 11.0. The molecule has 1 aliphatic carbocycles. The molecule has 7 heteroatoms. The van der Waals surface area contributed by atoms with Gasteiger partial charge >= 0.3 is 0 Å². The summed E-state index contributed by atoms with van der Waals surface area (Å²) < 4.78 is 7.78. The number of carbonyl (C=O) groups excluding carboxylic acids is 1. The normalized spacial score (nSPS) is 17.6. The molecule has 3 aromatic rings. The molecule has 164 valence electrons. The van der Waals surface area contributed by atoms with Gasteiger partial charge < -0.3 is 10.1 Å². The second kappa shape index (κ2) is 8.82. The Morgan fingerprint density at radius 1 is 1.19 bits per heavy atom. The number of fused-ring (bicyclic) bond motifs is 1. The van der Waals surface area contributed by atoms with E-state index in [1.807, 2.05) is 35.9 Å². The number of aryl methyl sites for hydroxylation is 1. The molecule has 0 amide bonds. The fraction of sp³-hybridized carbons (Fsp3) is 0.320. The van der Waals surface area contributed by atoms with Gasteiger partial charge in [-0.25, -0.2) is 4.68 Å². The number of hydrogen-bond donors (Lipinski definition) is 1. The number of carbonyl (C=O) groups is 1. The van der Waals surface area contributed by atoms with Crippen molar-refractivity contribution in [3.63, 3.8) is 0 Å². The third kappa shape index (κ3) is 3.93. The maximum absolute atomic E-state index is 13.0. The number of nitrogens with one attached hydrogen (secondary N) is 1. The lowest BCUT2D eigenvalue weighted by atomic mass is 9.85. The van der Waals surface area contributed by atoms with Crippen LogP contribution in [-0.4, -0.2) is 27.2 Å². The molecule has 5 rings (SSSR count). The van der Waals surface area contributed by atoms with E-state index in [1.54, 1.807) is 11.8 Å². The molecule has 0 saturated carbocycles. The first-order chi connectivity index (χ1) is 15.6. The highest BCUT2D eigenvalue weighted by atomic mass is 32.2. The summed E-state index contributed by atoms with van der Waals surface area (Å²) >= 11 is 1.60. The van der Waals surface area contributed by atoms with Crippen LogP contribution in [0, 0.1) is 6.92 Å². The Hall–Kier alpha value is -3.06. The van der Waals surface area contributed by atoms with Gasteiger partial charge in [-0.05, 0) is 38.3 Å². The maximum atomic E-state index is 13.0. The summed E-state index contributed by atoms with van der Waals surface area (Å²) in [4.78, 5) is 17.8. The van der Waals surface area contributed by atoms with Crippen LogP contribution in [-0.2, 0) is 10.5 Å². The highest BCUT2D eigenvalue weighted by molar-refractivity contribution is 7.98. The number of thioether (sulfide) groups is 1. The minimum atomic E-state index is -0.336. The van der Waals surface area contributed by atoms with E-state index >= 15 is 0 Å². The zero-order valence-corrected chi connectivity index (χ0v) is 19.1. The molecule has 2 heterocycles. The molecule has 6 nitrogen and oxygen atoms in total. The van der Waals surface area contributed by atoms with Crippen molar-refractivity contribution in [2.45, 2.75) is 50.1 Å². The molecule has 1 aromatic heterocycles. The Morgan fingerprint density at radius 3 is 2.91 bits per heavy atom. The average Bonchev–Trinajstić information content (AvgIpc) is 3.20. The van der Waals surface area contributed by atoms with Crippen molar-refractivity contribution < 1.29 is 9.53 Å². The average molecular weight is 447 g/mol. The first-order valence-corrected chi connectivity index (χ1v) is 12.0. The van der Waals surface area contributed by atoms with E-state index in [9.17, 15) is 4.79 Å². The van der Waals surface area contributed by atoms with E-state index in [2.05, 4.69) is 36.5 Å². The second-order valence-corrected chi connectivity index (χ2v) is 9.05. The quantitative estimate of drug-likeness (QED) is 0.518. The number of rotatable bonds is 6. The summed E-state index contributed by atoms with van der Waals surface area (Å²) in [5, 5.41) is 8.93. The van der Waals surface area contributed by atoms with Gasteiger partial charge in [0.05, 0.1) is 6.61 Å². The van der Waals surface area contributed by atoms with Crippen LogP contribution >= 0.6 is 11.8 Å². The fourth-order valence-electron chi connectivity index (χ4n) is 4.43. The Bertz CT molecular complexity index is 1200. The molecule has 0 fully saturated rings. The van der Waals surface area contributed by atoms with Gasteiger partial charge in [0.2, 0.25) is 11.1 Å². The van der Waals surface area contributed by atoms with E-state index in [-0.39, 0.29) is 11.8 Å². The van der Waals surface area contributed by atoms with E-state index in [4.69, 9.17) is 14.8 Å².